The number of guanidine groups is 1. The summed E-state index contributed by atoms with van der Waals surface area (Å²) in [6, 6.07) is 17.0. The van der Waals surface area contributed by atoms with E-state index in [1.54, 1.807) is 14.2 Å². The number of anilines is 1. The monoisotopic (exact) mass is 396 g/mol. The van der Waals surface area contributed by atoms with E-state index in [0.717, 1.165) is 62.0 Å². The molecule has 1 aliphatic rings. The fourth-order valence-electron chi connectivity index (χ4n) is 3.62. The van der Waals surface area contributed by atoms with Crippen molar-refractivity contribution < 1.29 is 9.47 Å². The third-order valence-electron chi connectivity index (χ3n) is 5.23. The lowest BCUT2D eigenvalue weighted by Gasteiger charge is -2.21. The molecular weight excluding hydrogens is 364 g/mol. The van der Waals surface area contributed by atoms with Gasteiger partial charge in [0, 0.05) is 56.6 Å². The fraction of sp³-hybridized carbons (Fsp3) is 0.435. The highest BCUT2D eigenvalue weighted by Gasteiger charge is 2.24. The van der Waals surface area contributed by atoms with Gasteiger partial charge in [-0.3, -0.25) is 4.99 Å². The van der Waals surface area contributed by atoms with Gasteiger partial charge < -0.3 is 25.0 Å². The van der Waals surface area contributed by atoms with E-state index in [2.05, 4.69) is 63.0 Å². The molecule has 0 bridgehead atoms. The van der Waals surface area contributed by atoms with Crippen LogP contribution in [-0.4, -0.2) is 52.9 Å². The minimum absolute atomic E-state index is 0.354. The molecule has 29 heavy (non-hydrogen) atoms. The standard InChI is InChI=1S/C23H32N4O2/c1-24-23(25-12-7-10-18-8-5-4-6-9-18)26-19-11-13-27(17-19)20-14-21(28-2)16-22(15-20)29-3/h4-6,8-9,14-16,19H,7,10-13,17H2,1-3H3,(H2,24,25,26). The number of nitrogens with one attached hydrogen (secondary N) is 2. The molecule has 156 valence electrons. The lowest BCUT2D eigenvalue weighted by molar-refractivity contribution is 0.394. The molecule has 6 heteroatoms. The van der Waals surface area contributed by atoms with Crippen LogP contribution in [0.1, 0.15) is 18.4 Å². The van der Waals surface area contributed by atoms with E-state index in [1.807, 2.05) is 13.1 Å². The molecule has 2 aromatic carbocycles. The van der Waals surface area contributed by atoms with Gasteiger partial charge in [-0.15, -0.1) is 0 Å². The SMILES string of the molecule is CN=C(NCCCc1ccccc1)NC1CCN(c2cc(OC)cc(OC)c2)C1. The largest absolute Gasteiger partial charge is 0.497 e. The Hall–Kier alpha value is -2.89. The number of rotatable bonds is 8. The molecule has 0 spiro atoms. The van der Waals surface area contributed by atoms with Gasteiger partial charge in [0.25, 0.3) is 0 Å². The Morgan fingerprint density at radius 1 is 1.10 bits per heavy atom. The maximum atomic E-state index is 5.40. The lowest BCUT2D eigenvalue weighted by Crippen LogP contribution is -2.44. The van der Waals surface area contributed by atoms with Crippen LogP contribution in [0.4, 0.5) is 5.69 Å². The number of ether oxygens (including phenoxy) is 2. The van der Waals surface area contributed by atoms with Crippen molar-refractivity contribution in [1.29, 1.82) is 0 Å². The van der Waals surface area contributed by atoms with Crippen LogP contribution in [-0.2, 0) is 6.42 Å². The highest BCUT2D eigenvalue weighted by Crippen LogP contribution is 2.30. The first-order valence-electron chi connectivity index (χ1n) is 10.2. The molecule has 1 saturated heterocycles. The molecule has 6 nitrogen and oxygen atoms in total. The first-order valence-corrected chi connectivity index (χ1v) is 10.2. The van der Waals surface area contributed by atoms with Crippen molar-refractivity contribution >= 4 is 11.6 Å². The Labute approximate surface area is 173 Å². The lowest BCUT2D eigenvalue weighted by atomic mass is 10.1. The normalized spacial score (nSPS) is 16.6. The summed E-state index contributed by atoms with van der Waals surface area (Å²) in [7, 11) is 5.19. The molecule has 0 amide bonds. The summed E-state index contributed by atoms with van der Waals surface area (Å²) in [5, 5.41) is 6.99. The molecule has 2 aromatic rings. The Morgan fingerprint density at radius 3 is 2.48 bits per heavy atom. The molecule has 1 fully saturated rings. The number of aliphatic imine (C=N–C) groups is 1. The summed E-state index contributed by atoms with van der Waals surface area (Å²) in [5.74, 6) is 2.49. The van der Waals surface area contributed by atoms with Crippen LogP contribution in [0.15, 0.2) is 53.5 Å². The van der Waals surface area contributed by atoms with Crippen molar-refractivity contribution in [2.24, 2.45) is 4.99 Å². The minimum Gasteiger partial charge on any atom is -0.497 e. The van der Waals surface area contributed by atoms with Gasteiger partial charge in [0.05, 0.1) is 14.2 Å². The summed E-state index contributed by atoms with van der Waals surface area (Å²) in [6.07, 6.45) is 3.20. The van der Waals surface area contributed by atoms with E-state index in [1.165, 1.54) is 5.56 Å². The van der Waals surface area contributed by atoms with E-state index in [9.17, 15) is 0 Å². The Bertz CT molecular complexity index is 772. The van der Waals surface area contributed by atoms with Crippen molar-refractivity contribution in [3.8, 4) is 11.5 Å². The minimum atomic E-state index is 0.354. The first kappa shape index (κ1) is 20.8. The number of methoxy groups -OCH3 is 2. The fourth-order valence-corrected chi connectivity index (χ4v) is 3.62. The van der Waals surface area contributed by atoms with Crippen molar-refractivity contribution in [2.75, 3.05) is 45.8 Å². The predicted octanol–water partition coefficient (Wildman–Crippen LogP) is 3.08. The van der Waals surface area contributed by atoms with Gasteiger partial charge in [-0.25, -0.2) is 0 Å². The number of nitrogens with zero attached hydrogens (tertiary/aromatic N) is 2. The van der Waals surface area contributed by atoms with Crippen LogP contribution in [0, 0.1) is 0 Å². The Morgan fingerprint density at radius 2 is 1.83 bits per heavy atom. The molecule has 3 rings (SSSR count). The Balaban J connectivity index is 1.47. The molecule has 0 aliphatic carbocycles. The van der Waals surface area contributed by atoms with Crippen LogP contribution in [0.25, 0.3) is 0 Å². The van der Waals surface area contributed by atoms with Crippen LogP contribution < -0.4 is 25.0 Å². The second-order valence-corrected chi connectivity index (χ2v) is 7.23. The van der Waals surface area contributed by atoms with Gasteiger partial charge in [0.15, 0.2) is 5.96 Å². The molecule has 1 heterocycles. The van der Waals surface area contributed by atoms with Crippen LogP contribution in [0.5, 0.6) is 11.5 Å². The maximum absolute atomic E-state index is 5.40. The van der Waals surface area contributed by atoms with Crippen molar-refractivity contribution in [2.45, 2.75) is 25.3 Å². The van der Waals surface area contributed by atoms with Crippen molar-refractivity contribution in [3.05, 3.63) is 54.1 Å². The van der Waals surface area contributed by atoms with Gasteiger partial charge >= 0.3 is 0 Å². The van der Waals surface area contributed by atoms with Gasteiger partial charge in [0.2, 0.25) is 0 Å². The summed E-state index contributed by atoms with van der Waals surface area (Å²) in [6.45, 7) is 2.80. The average Bonchev–Trinajstić information content (AvgIpc) is 3.24. The smallest absolute Gasteiger partial charge is 0.191 e. The second-order valence-electron chi connectivity index (χ2n) is 7.23. The Kier molecular flexibility index (Phi) is 7.61. The van der Waals surface area contributed by atoms with Gasteiger partial charge in [-0.2, -0.15) is 0 Å². The van der Waals surface area contributed by atoms with E-state index >= 15 is 0 Å². The number of hydrogen-bond donors (Lipinski definition) is 2. The van der Waals surface area contributed by atoms with Crippen molar-refractivity contribution in [1.82, 2.24) is 10.6 Å². The van der Waals surface area contributed by atoms with Crippen LogP contribution in [0.2, 0.25) is 0 Å². The van der Waals surface area contributed by atoms with E-state index in [0.29, 0.717) is 6.04 Å². The molecule has 0 radical (unpaired) electrons. The number of benzene rings is 2. The number of hydrogen-bond acceptors (Lipinski definition) is 4. The van der Waals surface area contributed by atoms with Crippen LogP contribution in [0.3, 0.4) is 0 Å². The molecule has 1 atom stereocenters. The summed E-state index contributed by atoms with van der Waals surface area (Å²) in [5.41, 5.74) is 2.49. The molecule has 1 unspecified atom stereocenters. The average molecular weight is 397 g/mol. The molecule has 0 saturated carbocycles. The highest BCUT2D eigenvalue weighted by atomic mass is 16.5. The number of aryl methyl sites for hydroxylation is 1. The van der Waals surface area contributed by atoms with Crippen molar-refractivity contribution in [3.63, 3.8) is 0 Å². The molecular formula is C23H32N4O2. The first-order chi connectivity index (χ1) is 14.2. The molecule has 2 N–H and O–H groups in total. The summed E-state index contributed by atoms with van der Waals surface area (Å²) >= 11 is 0. The maximum Gasteiger partial charge on any atom is 0.191 e. The van der Waals surface area contributed by atoms with E-state index in [4.69, 9.17) is 9.47 Å². The van der Waals surface area contributed by atoms with E-state index < -0.39 is 0 Å². The van der Waals surface area contributed by atoms with Gasteiger partial charge in [0.1, 0.15) is 11.5 Å². The summed E-state index contributed by atoms with van der Waals surface area (Å²) < 4.78 is 10.8. The van der Waals surface area contributed by atoms with Crippen LogP contribution >= 0.6 is 0 Å². The zero-order valence-corrected chi connectivity index (χ0v) is 17.6. The topological polar surface area (TPSA) is 58.1 Å². The third-order valence-corrected chi connectivity index (χ3v) is 5.23. The molecule has 1 aliphatic heterocycles. The third kappa shape index (κ3) is 6.04. The van der Waals surface area contributed by atoms with Gasteiger partial charge in [-0.1, -0.05) is 30.3 Å². The summed E-state index contributed by atoms with van der Waals surface area (Å²) in [4.78, 5) is 6.74. The predicted molar refractivity (Wildman–Crippen MR) is 119 cm³/mol. The molecule has 0 aromatic heterocycles. The zero-order valence-electron chi connectivity index (χ0n) is 17.6. The van der Waals surface area contributed by atoms with E-state index in [-0.39, 0.29) is 0 Å². The highest BCUT2D eigenvalue weighted by molar-refractivity contribution is 5.80. The quantitative estimate of drug-likeness (QED) is 0.408. The van der Waals surface area contributed by atoms with Gasteiger partial charge in [-0.05, 0) is 24.8 Å². The second kappa shape index (κ2) is 10.6. The zero-order chi connectivity index (χ0) is 20.5.